The van der Waals surface area contributed by atoms with Gasteiger partial charge < -0.3 is 10.2 Å². The monoisotopic (exact) mass is 216 g/mol. The molecule has 88 valence electrons. The summed E-state index contributed by atoms with van der Waals surface area (Å²) in [5, 5.41) is 17.9. The summed E-state index contributed by atoms with van der Waals surface area (Å²) in [5.41, 5.74) is -0.786. The largest absolute Gasteiger partial charge is 0.480 e. The molecule has 0 unspecified atom stereocenters. The zero-order chi connectivity index (χ0) is 11.5. The SMILES string of the molecule is CC(C)(C(=O)O)N1CCN(CCO)CC1. The van der Waals surface area contributed by atoms with E-state index in [1.807, 2.05) is 4.90 Å². The van der Waals surface area contributed by atoms with Gasteiger partial charge in [-0.05, 0) is 13.8 Å². The molecule has 0 aromatic rings. The smallest absolute Gasteiger partial charge is 0.323 e. The van der Waals surface area contributed by atoms with E-state index in [4.69, 9.17) is 10.2 Å². The van der Waals surface area contributed by atoms with Gasteiger partial charge in [-0.1, -0.05) is 0 Å². The van der Waals surface area contributed by atoms with Crippen molar-refractivity contribution in [2.75, 3.05) is 39.3 Å². The minimum absolute atomic E-state index is 0.169. The maximum absolute atomic E-state index is 11.0. The number of rotatable bonds is 4. The Morgan fingerprint density at radius 1 is 1.27 bits per heavy atom. The van der Waals surface area contributed by atoms with Crippen molar-refractivity contribution in [3.05, 3.63) is 0 Å². The van der Waals surface area contributed by atoms with Crippen molar-refractivity contribution in [1.29, 1.82) is 0 Å². The van der Waals surface area contributed by atoms with Crippen LogP contribution in [0.15, 0.2) is 0 Å². The number of aliphatic hydroxyl groups is 1. The lowest BCUT2D eigenvalue weighted by molar-refractivity contribution is -0.150. The molecule has 0 aromatic carbocycles. The van der Waals surface area contributed by atoms with Crippen molar-refractivity contribution < 1.29 is 15.0 Å². The Labute approximate surface area is 90.3 Å². The van der Waals surface area contributed by atoms with E-state index in [1.165, 1.54) is 0 Å². The number of hydrogen-bond acceptors (Lipinski definition) is 4. The van der Waals surface area contributed by atoms with Crippen LogP contribution >= 0.6 is 0 Å². The van der Waals surface area contributed by atoms with Gasteiger partial charge in [0.15, 0.2) is 0 Å². The minimum Gasteiger partial charge on any atom is -0.480 e. The number of carboxylic acid groups (broad SMARTS) is 1. The first-order chi connectivity index (χ1) is 6.98. The fourth-order valence-electron chi connectivity index (χ4n) is 1.81. The quantitative estimate of drug-likeness (QED) is 0.661. The van der Waals surface area contributed by atoms with Crippen LogP contribution < -0.4 is 0 Å². The molecular formula is C10H20N2O3. The predicted octanol–water partition coefficient (Wildman–Crippen LogP) is -0.540. The van der Waals surface area contributed by atoms with Gasteiger partial charge in [0.1, 0.15) is 5.54 Å². The molecule has 0 saturated carbocycles. The van der Waals surface area contributed by atoms with Gasteiger partial charge in [0.05, 0.1) is 6.61 Å². The molecule has 0 atom stereocenters. The average molecular weight is 216 g/mol. The van der Waals surface area contributed by atoms with E-state index < -0.39 is 11.5 Å². The molecule has 1 fully saturated rings. The molecule has 0 spiro atoms. The van der Waals surface area contributed by atoms with Crippen LogP contribution in [-0.4, -0.2) is 70.9 Å². The van der Waals surface area contributed by atoms with Crippen molar-refractivity contribution in [3.8, 4) is 0 Å². The molecule has 1 rings (SSSR count). The lowest BCUT2D eigenvalue weighted by Crippen LogP contribution is -2.58. The average Bonchev–Trinajstić information content (AvgIpc) is 2.19. The summed E-state index contributed by atoms with van der Waals surface area (Å²) < 4.78 is 0. The lowest BCUT2D eigenvalue weighted by atomic mass is 10.0. The molecule has 0 aliphatic carbocycles. The van der Waals surface area contributed by atoms with Gasteiger partial charge in [0.2, 0.25) is 0 Å². The topological polar surface area (TPSA) is 64.0 Å². The van der Waals surface area contributed by atoms with Crippen LogP contribution in [-0.2, 0) is 4.79 Å². The number of aliphatic hydroxyl groups excluding tert-OH is 1. The number of nitrogens with zero attached hydrogens (tertiary/aromatic N) is 2. The zero-order valence-electron chi connectivity index (χ0n) is 9.44. The van der Waals surface area contributed by atoms with Crippen LogP contribution in [0, 0.1) is 0 Å². The molecule has 0 aromatic heterocycles. The molecule has 1 saturated heterocycles. The second-order valence-electron chi connectivity index (χ2n) is 4.42. The maximum Gasteiger partial charge on any atom is 0.323 e. The summed E-state index contributed by atoms with van der Waals surface area (Å²) in [6.45, 7) is 7.48. The standard InChI is InChI=1S/C10H20N2O3/c1-10(2,9(14)15)12-5-3-11(4-6-12)7-8-13/h13H,3-8H2,1-2H3,(H,14,15). The van der Waals surface area contributed by atoms with E-state index in [0.29, 0.717) is 6.54 Å². The van der Waals surface area contributed by atoms with Crippen molar-refractivity contribution in [1.82, 2.24) is 9.80 Å². The third-order valence-electron chi connectivity index (χ3n) is 3.10. The van der Waals surface area contributed by atoms with E-state index in [2.05, 4.69) is 4.90 Å². The molecule has 1 aliphatic heterocycles. The molecule has 0 amide bonds. The van der Waals surface area contributed by atoms with Crippen LogP contribution in [0.3, 0.4) is 0 Å². The number of carbonyl (C=O) groups is 1. The second kappa shape index (κ2) is 4.92. The van der Waals surface area contributed by atoms with E-state index >= 15 is 0 Å². The van der Waals surface area contributed by atoms with E-state index in [-0.39, 0.29) is 6.61 Å². The molecular weight excluding hydrogens is 196 g/mol. The third-order valence-corrected chi connectivity index (χ3v) is 3.10. The number of hydrogen-bond donors (Lipinski definition) is 2. The van der Waals surface area contributed by atoms with Crippen molar-refractivity contribution in [2.24, 2.45) is 0 Å². The first-order valence-corrected chi connectivity index (χ1v) is 5.30. The van der Waals surface area contributed by atoms with Gasteiger partial charge in [0, 0.05) is 32.7 Å². The highest BCUT2D eigenvalue weighted by Gasteiger charge is 2.35. The fourth-order valence-corrected chi connectivity index (χ4v) is 1.81. The molecule has 0 radical (unpaired) electrons. The Hall–Kier alpha value is -0.650. The summed E-state index contributed by atoms with van der Waals surface area (Å²) in [7, 11) is 0. The Bertz CT molecular complexity index is 223. The van der Waals surface area contributed by atoms with E-state index in [1.54, 1.807) is 13.8 Å². The van der Waals surface area contributed by atoms with Crippen molar-refractivity contribution >= 4 is 5.97 Å². The van der Waals surface area contributed by atoms with Gasteiger partial charge in [-0.2, -0.15) is 0 Å². The first kappa shape index (κ1) is 12.4. The van der Waals surface area contributed by atoms with Crippen LogP contribution in [0.25, 0.3) is 0 Å². The summed E-state index contributed by atoms with van der Waals surface area (Å²) in [6, 6.07) is 0. The summed E-state index contributed by atoms with van der Waals surface area (Å²) in [6.07, 6.45) is 0. The summed E-state index contributed by atoms with van der Waals surface area (Å²) in [4.78, 5) is 15.2. The maximum atomic E-state index is 11.0. The van der Waals surface area contributed by atoms with Crippen LogP contribution in [0.2, 0.25) is 0 Å². The van der Waals surface area contributed by atoms with E-state index in [9.17, 15) is 4.79 Å². The predicted molar refractivity (Wildman–Crippen MR) is 56.8 cm³/mol. The molecule has 1 aliphatic rings. The number of piperazine rings is 1. The Morgan fingerprint density at radius 2 is 1.80 bits per heavy atom. The van der Waals surface area contributed by atoms with Gasteiger partial charge in [0.25, 0.3) is 0 Å². The molecule has 15 heavy (non-hydrogen) atoms. The summed E-state index contributed by atoms with van der Waals surface area (Å²) >= 11 is 0. The molecule has 1 heterocycles. The van der Waals surface area contributed by atoms with Gasteiger partial charge in [-0.15, -0.1) is 0 Å². The van der Waals surface area contributed by atoms with Gasteiger partial charge in [-0.25, -0.2) is 0 Å². The fraction of sp³-hybridized carbons (Fsp3) is 0.900. The van der Waals surface area contributed by atoms with Gasteiger partial charge >= 0.3 is 5.97 Å². The zero-order valence-corrected chi connectivity index (χ0v) is 9.44. The minimum atomic E-state index is -0.786. The number of aliphatic carboxylic acids is 1. The Balaban J connectivity index is 2.46. The molecule has 0 bridgehead atoms. The highest BCUT2D eigenvalue weighted by atomic mass is 16.4. The lowest BCUT2D eigenvalue weighted by Gasteiger charge is -2.41. The molecule has 5 heteroatoms. The first-order valence-electron chi connectivity index (χ1n) is 5.30. The second-order valence-corrected chi connectivity index (χ2v) is 4.42. The van der Waals surface area contributed by atoms with Gasteiger partial charge in [-0.3, -0.25) is 14.6 Å². The number of carboxylic acids is 1. The van der Waals surface area contributed by atoms with Crippen molar-refractivity contribution in [3.63, 3.8) is 0 Å². The van der Waals surface area contributed by atoms with Crippen molar-refractivity contribution in [2.45, 2.75) is 19.4 Å². The van der Waals surface area contributed by atoms with Crippen LogP contribution in [0.1, 0.15) is 13.8 Å². The van der Waals surface area contributed by atoms with Crippen LogP contribution in [0.5, 0.6) is 0 Å². The molecule has 5 nitrogen and oxygen atoms in total. The highest BCUT2D eigenvalue weighted by Crippen LogP contribution is 2.16. The van der Waals surface area contributed by atoms with Crippen LogP contribution in [0.4, 0.5) is 0 Å². The molecule has 2 N–H and O–H groups in total. The Morgan fingerprint density at radius 3 is 2.20 bits per heavy atom. The summed E-state index contributed by atoms with van der Waals surface area (Å²) in [5.74, 6) is -0.780. The highest BCUT2D eigenvalue weighted by molar-refractivity contribution is 5.77. The Kier molecular flexibility index (Phi) is 4.07. The normalized spacial score (nSPS) is 20.5. The van der Waals surface area contributed by atoms with E-state index in [0.717, 1.165) is 26.2 Å². The number of β-amino-alcohol motifs (C(OH)–C–C–N with tert-alkyl or cyclic N) is 1. The third kappa shape index (κ3) is 2.90.